The summed E-state index contributed by atoms with van der Waals surface area (Å²) in [6, 6.07) is 1.63. The van der Waals surface area contributed by atoms with Crippen LogP contribution in [0.25, 0.3) is 0 Å². The summed E-state index contributed by atoms with van der Waals surface area (Å²) < 4.78 is 0. The van der Waals surface area contributed by atoms with E-state index in [1.165, 1.54) is 0 Å². The van der Waals surface area contributed by atoms with Crippen LogP contribution in [0.2, 0.25) is 10.3 Å². The van der Waals surface area contributed by atoms with Crippen LogP contribution < -0.4 is 4.90 Å². The lowest BCUT2D eigenvalue weighted by Gasteiger charge is -2.40. The summed E-state index contributed by atoms with van der Waals surface area (Å²) in [7, 11) is 0. The van der Waals surface area contributed by atoms with E-state index in [0.29, 0.717) is 25.1 Å². The summed E-state index contributed by atoms with van der Waals surface area (Å²) in [6.45, 7) is 3.06. The van der Waals surface area contributed by atoms with Crippen molar-refractivity contribution in [2.24, 2.45) is 5.41 Å². The number of hydrogen-bond acceptors (Lipinski definition) is 4. The van der Waals surface area contributed by atoms with Gasteiger partial charge in [0.2, 0.25) is 0 Å². The van der Waals surface area contributed by atoms with Crippen molar-refractivity contribution in [1.29, 1.82) is 0 Å². The number of carboxylic acids is 1. The van der Waals surface area contributed by atoms with Crippen LogP contribution in [0.1, 0.15) is 26.2 Å². The molecule has 1 saturated heterocycles. The van der Waals surface area contributed by atoms with Gasteiger partial charge < -0.3 is 10.0 Å². The molecule has 1 aliphatic rings. The molecular weight excluding hydrogens is 289 g/mol. The Bertz CT molecular complexity index is 498. The Morgan fingerprint density at radius 1 is 1.53 bits per heavy atom. The second kappa shape index (κ2) is 5.51. The minimum Gasteiger partial charge on any atom is -0.481 e. The summed E-state index contributed by atoms with van der Waals surface area (Å²) in [5.74, 6) is -0.760. The number of aliphatic carboxylic acids is 1. The molecule has 1 unspecified atom stereocenters. The van der Waals surface area contributed by atoms with Crippen LogP contribution in [0.15, 0.2) is 6.07 Å². The number of aromatic nitrogens is 2. The molecule has 1 aliphatic heterocycles. The SMILES string of the molecule is CCC1(C(=O)O)CCCN(c2cc(Cl)nnc2Cl)C1. The molecule has 0 aromatic carbocycles. The van der Waals surface area contributed by atoms with Crippen molar-refractivity contribution in [2.75, 3.05) is 18.0 Å². The van der Waals surface area contributed by atoms with Crippen molar-refractivity contribution < 1.29 is 9.90 Å². The fourth-order valence-corrected chi connectivity index (χ4v) is 2.87. The molecule has 7 heteroatoms. The third-order valence-corrected chi connectivity index (χ3v) is 4.20. The van der Waals surface area contributed by atoms with Crippen molar-refractivity contribution in [3.05, 3.63) is 16.4 Å². The van der Waals surface area contributed by atoms with Crippen LogP contribution in [0, 0.1) is 5.41 Å². The minimum atomic E-state index is -0.760. The zero-order valence-electron chi connectivity index (χ0n) is 10.6. The Morgan fingerprint density at radius 2 is 2.26 bits per heavy atom. The van der Waals surface area contributed by atoms with Crippen molar-refractivity contribution in [1.82, 2.24) is 10.2 Å². The van der Waals surface area contributed by atoms with Crippen LogP contribution in [0.4, 0.5) is 5.69 Å². The van der Waals surface area contributed by atoms with Crippen molar-refractivity contribution >= 4 is 34.9 Å². The molecule has 104 valence electrons. The molecule has 0 radical (unpaired) electrons. The average Bonchev–Trinajstić information content (AvgIpc) is 2.41. The second-order valence-electron chi connectivity index (χ2n) is 4.81. The molecular formula is C12H15Cl2N3O2. The van der Waals surface area contributed by atoms with Gasteiger partial charge in [-0.2, -0.15) is 0 Å². The van der Waals surface area contributed by atoms with Gasteiger partial charge in [-0.15, -0.1) is 10.2 Å². The van der Waals surface area contributed by atoms with Gasteiger partial charge in [0.05, 0.1) is 11.1 Å². The smallest absolute Gasteiger partial charge is 0.311 e. The first-order valence-corrected chi connectivity index (χ1v) is 6.91. The van der Waals surface area contributed by atoms with Crippen LogP contribution in [0.5, 0.6) is 0 Å². The highest BCUT2D eigenvalue weighted by Crippen LogP contribution is 2.37. The highest BCUT2D eigenvalue weighted by molar-refractivity contribution is 6.33. The van der Waals surface area contributed by atoms with Gasteiger partial charge >= 0.3 is 5.97 Å². The summed E-state index contributed by atoms with van der Waals surface area (Å²) in [6.07, 6.45) is 2.07. The summed E-state index contributed by atoms with van der Waals surface area (Å²) in [5, 5.41) is 17.4. The predicted octanol–water partition coefficient (Wildman–Crippen LogP) is 2.86. The molecule has 1 atom stereocenters. The number of nitrogens with zero attached hydrogens (tertiary/aromatic N) is 3. The monoisotopic (exact) mass is 303 g/mol. The first-order chi connectivity index (χ1) is 8.98. The molecule has 2 heterocycles. The lowest BCUT2D eigenvalue weighted by molar-refractivity contribution is -0.149. The lowest BCUT2D eigenvalue weighted by atomic mass is 9.77. The topological polar surface area (TPSA) is 66.3 Å². The highest BCUT2D eigenvalue weighted by Gasteiger charge is 2.41. The summed E-state index contributed by atoms with van der Waals surface area (Å²) in [5.41, 5.74) is -0.0717. The van der Waals surface area contributed by atoms with Gasteiger partial charge in [-0.25, -0.2) is 0 Å². The van der Waals surface area contributed by atoms with Gasteiger partial charge in [-0.05, 0) is 19.3 Å². The quantitative estimate of drug-likeness (QED) is 0.930. The van der Waals surface area contributed by atoms with Gasteiger partial charge in [0.1, 0.15) is 0 Å². The van der Waals surface area contributed by atoms with Crippen molar-refractivity contribution in [3.63, 3.8) is 0 Å². The molecule has 1 N–H and O–H groups in total. The Kier molecular flexibility index (Phi) is 4.16. The molecule has 0 spiro atoms. The van der Waals surface area contributed by atoms with Crippen molar-refractivity contribution in [2.45, 2.75) is 26.2 Å². The average molecular weight is 304 g/mol. The molecule has 5 nitrogen and oxygen atoms in total. The number of rotatable bonds is 3. The molecule has 0 aliphatic carbocycles. The molecule has 0 saturated carbocycles. The third kappa shape index (κ3) is 2.77. The fraction of sp³-hybridized carbons (Fsp3) is 0.583. The number of hydrogen-bond donors (Lipinski definition) is 1. The molecule has 0 amide bonds. The van der Waals surface area contributed by atoms with Crippen molar-refractivity contribution in [3.8, 4) is 0 Å². The van der Waals surface area contributed by atoms with Crippen LogP contribution in [-0.2, 0) is 4.79 Å². The van der Waals surface area contributed by atoms with Gasteiger partial charge in [0.15, 0.2) is 10.3 Å². The Hall–Kier alpha value is -1.07. The number of carboxylic acid groups (broad SMARTS) is 1. The Labute approximate surface area is 121 Å². The maximum Gasteiger partial charge on any atom is 0.311 e. The van der Waals surface area contributed by atoms with Crippen LogP contribution in [0.3, 0.4) is 0 Å². The first-order valence-electron chi connectivity index (χ1n) is 6.15. The zero-order valence-corrected chi connectivity index (χ0v) is 12.1. The van der Waals surface area contributed by atoms with E-state index in [9.17, 15) is 9.90 Å². The standard InChI is InChI=1S/C12H15Cl2N3O2/c1-2-12(11(18)19)4-3-5-17(7-12)8-6-9(13)15-16-10(8)14/h6H,2-5,7H2,1H3,(H,18,19). The van der Waals surface area contributed by atoms with Gasteiger partial charge in [-0.1, -0.05) is 30.1 Å². The van der Waals surface area contributed by atoms with Crippen LogP contribution >= 0.6 is 23.2 Å². The molecule has 1 aromatic heterocycles. The van der Waals surface area contributed by atoms with E-state index in [-0.39, 0.29) is 10.3 Å². The first kappa shape index (κ1) is 14.3. The molecule has 0 bridgehead atoms. The lowest BCUT2D eigenvalue weighted by Crippen LogP contribution is -2.47. The predicted molar refractivity (Wildman–Crippen MR) is 73.9 cm³/mol. The Balaban J connectivity index is 2.31. The number of piperidine rings is 1. The maximum absolute atomic E-state index is 11.5. The number of halogens is 2. The third-order valence-electron chi connectivity index (χ3n) is 3.75. The van der Waals surface area contributed by atoms with E-state index < -0.39 is 11.4 Å². The number of anilines is 1. The van der Waals surface area contributed by atoms with Crippen LogP contribution in [-0.4, -0.2) is 34.4 Å². The normalized spacial score (nSPS) is 23.4. The van der Waals surface area contributed by atoms with E-state index in [2.05, 4.69) is 10.2 Å². The van der Waals surface area contributed by atoms with Gasteiger partial charge in [-0.3, -0.25) is 4.79 Å². The second-order valence-corrected chi connectivity index (χ2v) is 5.55. The minimum absolute atomic E-state index is 0.252. The molecule has 2 rings (SSSR count). The fourth-order valence-electron chi connectivity index (χ4n) is 2.52. The Morgan fingerprint density at radius 3 is 2.89 bits per heavy atom. The molecule has 19 heavy (non-hydrogen) atoms. The van der Waals surface area contributed by atoms with Gasteiger partial charge in [0, 0.05) is 19.2 Å². The van der Waals surface area contributed by atoms with E-state index in [1.54, 1.807) is 6.07 Å². The molecule has 1 aromatic rings. The number of carbonyl (C=O) groups is 1. The largest absolute Gasteiger partial charge is 0.481 e. The van der Waals surface area contributed by atoms with E-state index in [1.807, 2.05) is 11.8 Å². The maximum atomic E-state index is 11.5. The van der Waals surface area contributed by atoms with Gasteiger partial charge in [0.25, 0.3) is 0 Å². The summed E-state index contributed by atoms with van der Waals surface area (Å²) in [4.78, 5) is 13.5. The van der Waals surface area contributed by atoms with E-state index in [0.717, 1.165) is 13.0 Å². The molecule has 1 fully saturated rings. The van der Waals surface area contributed by atoms with E-state index in [4.69, 9.17) is 23.2 Å². The highest BCUT2D eigenvalue weighted by atomic mass is 35.5. The van der Waals surface area contributed by atoms with E-state index >= 15 is 0 Å². The zero-order chi connectivity index (χ0) is 14.0. The summed E-state index contributed by atoms with van der Waals surface area (Å²) >= 11 is 11.9.